The predicted molar refractivity (Wildman–Crippen MR) is 146 cm³/mol. The van der Waals surface area contributed by atoms with Crippen molar-refractivity contribution in [3.63, 3.8) is 0 Å². The van der Waals surface area contributed by atoms with Crippen LogP contribution in [0.5, 0.6) is 5.75 Å². The van der Waals surface area contributed by atoms with E-state index in [0.29, 0.717) is 11.3 Å². The van der Waals surface area contributed by atoms with Crippen LogP contribution in [0.15, 0.2) is 48.5 Å². The van der Waals surface area contributed by atoms with Crippen molar-refractivity contribution in [1.82, 2.24) is 0 Å². The Hall–Kier alpha value is -2.29. The molecule has 0 spiro atoms. The number of hydrogen-bond acceptors (Lipinski definition) is 3. The summed E-state index contributed by atoms with van der Waals surface area (Å²) in [7, 11) is 0. The van der Waals surface area contributed by atoms with Gasteiger partial charge in [0.05, 0.1) is 5.56 Å². The van der Waals surface area contributed by atoms with Gasteiger partial charge >= 0.3 is 5.97 Å². The number of hydrogen-bond donors (Lipinski definition) is 1. The van der Waals surface area contributed by atoms with Gasteiger partial charge in [0.1, 0.15) is 5.75 Å². The minimum Gasteiger partial charge on any atom is -0.423 e. The molecular weight excluding hydrogens is 418 g/mol. The SMILES string of the molecule is CCCCCCCCCCCCCCCCCNc1ccc(C(=O)Oc2cccc(C)c2)cc1. The number of carbonyl (C=O) groups is 1. The zero-order valence-corrected chi connectivity index (χ0v) is 21.7. The number of nitrogens with one attached hydrogen (secondary N) is 1. The van der Waals surface area contributed by atoms with Crippen LogP contribution in [0.1, 0.15) is 119 Å². The molecule has 1 N–H and O–H groups in total. The van der Waals surface area contributed by atoms with E-state index in [9.17, 15) is 4.79 Å². The second-order valence-corrected chi connectivity index (χ2v) is 9.66. The Bertz CT molecular complexity index is 784. The molecule has 0 aliphatic rings. The third-order valence-electron chi connectivity index (χ3n) is 6.43. The molecule has 2 aromatic carbocycles. The van der Waals surface area contributed by atoms with Gasteiger partial charge in [-0.1, -0.05) is 109 Å². The monoisotopic (exact) mass is 465 g/mol. The fourth-order valence-corrected chi connectivity index (χ4v) is 4.30. The zero-order valence-electron chi connectivity index (χ0n) is 21.7. The van der Waals surface area contributed by atoms with Crippen molar-refractivity contribution in [3.8, 4) is 5.75 Å². The highest BCUT2D eigenvalue weighted by Gasteiger charge is 2.08. The number of ether oxygens (including phenoxy) is 1. The Morgan fingerprint density at radius 1 is 0.706 bits per heavy atom. The molecule has 3 heteroatoms. The average Bonchev–Trinajstić information content (AvgIpc) is 2.84. The van der Waals surface area contributed by atoms with Crippen LogP contribution in [-0.4, -0.2) is 12.5 Å². The van der Waals surface area contributed by atoms with Crippen LogP contribution in [0.4, 0.5) is 5.69 Å². The molecule has 0 atom stereocenters. The number of unbranched alkanes of at least 4 members (excludes halogenated alkanes) is 14. The summed E-state index contributed by atoms with van der Waals surface area (Å²) in [6.45, 7) is 5.24. The molecule has 3 nitrogen and oxygen atoms in total. The molecule has 0 bridgehead atoms. The van der Waals surface area contributed by atoms with Crippen molar-refractivity contribution in [1.29, 1.82) is 0 Å². The Kier molecular flexibility index (Phi) is 14.9. The molecule has 34 heavy (non-hydrogen) atoms. The van der Waals surface area contributed by atoms with Crippen molar-refractivity contribution in [2.24, 2.45) is 0 Å². The summed E-state index contributed by atoms with van der Waals surface area (Å²) in [5, 5.41) is 3.46. The Morgan fingerprint density at radius 3 is 1.76 bits per heavy atom. The minimum atomic E-state index is -0.320. The van der Waals surface area contributed by atoms with E-state index < -0.39 is 0 Å². The summed E-state index contributed by atoms with van der Waals surface area (Å²) in [6, 6.07) is 15.1. The van der Waals surface area contributed by atoms with Gasteiger partial charge in [-0.2, -0.15) is 0 Å². The van der Waals surface area contributed by atoms with Crippen LogP contribution in [0, 0.1) is 6.92 Å². The summed E-state index contributed by atoms with van der Waals surface area (Å²) in [5.74, 6) is 0.264. The first-order valence-electron chi connectivity index (χ1n) is 13.8. The number of benzene rings is 2. The lowest BCUT2D eigenvalue weighted by Crippen LogP contribution is -2.09. The molecule has 0 fully saturated rings. The molecule has 0 radical (unpaired) electrons. The third-order valence-corrected chi connectivity index (χ3v) is 6.43. The van der Waals surface area contributed by atoms with Gasteiger partial charge in [0.15, 0.2) is 0 Å². The van der Waals surface area contributed by atoms with Gasteiger partial charge in [0.25, 0.3) is 0 Å². The fraction of sp³-hybridized carbons (Fsp3) is 0.581. The number of aryl methyl sites for hydroxylation is 1. The summed E-state index contributed by atoms with van der Waals surface area (Å²) in [4.78, 5) is 12.3. The van der Waals surface area contributed by atoms with Crippen LogP contribution < -0.4 is 10.1 Å². The summed E-state index contributed by atoms with van der Waals surface area (Å²) in [6.07, 6.45) is 20.8. The van der Waals surface area contributed by atoms with Gasteiger partial charge < -0.3 is 10.1 Å². The molecule has 0 heterocycles. The summed E-state index contributed by atoms with van der Waals surface area (Å²) in [5.41, 5.74) is 2.69. The van der Waals surface area contributed by atoms with Crippen LogP contribution in [-0.2, 0) is 0 Å². The molecular formula is C31H47NO2. The highest BCUT2D eigenvalue weighted by atomic mass is 16.5. The highest BCUT2D eigenvalue weighted by molar-refractivity contribution is 5.91. The van der Waals surface area contributed by atoms with Crippen LogP contribution in [0.25, 0.3) is 0 Å². The van der Waals surface area contributed by atoms with E-state index in [1.54, 1.807) is 6.07 Å². The molecule has 0 unspecified atom stereocenters. The second-order valence-electron chi connectivity index (χ2n) is 9.66. The van der Waals surface area contributed by atoms with Crippen molar-refractivity contribution in [3.05, 3.63) is 59.7 Å². The average molecular weight is 466 g/mol. The summed E-state index contributed by atoms with van der Waals surface area (Å²) < 4.78 is 5.46. The smallest absolute Gasteiger partial charge is 0.343 e. The number of rotatable bonds is 19. The predicted octanol–water partition coefficient (Wildman–Crippen LogP) is 9.50. The topological polar surface area (TPSA) is 38.3 Å². The zero-order chi connectivity index (χ0) is 24.3. The van der Waals surface area contributed by atoms with E-state index >= 15 is 0 Å². The first kappa shape index (κ1) is 28.0. The van der Waals surface area contributed by atoms with Crippen molar-refractivity contribution >= 4 is 11.7 Å². The summed E-state index contributed by atoms with van der Waals surface area (Å²) >= 11 is 0. The molecule has 0 saturated carbocycles. The lowest BCUT2D eigenvalue weighted by atomic mass is 10.0. The van der Waals surface area contributed by atoms with Gasteiger partial charge in [-0.3, -0.25) is 0 Å². The van der Waals surface area contributed by atoms with Crippen molar-refractivity contribution in [2.75, 3.05) is 11.9 Å². The molecule has 0 saturated heterocycles. The van der Waals surface area contributed by atoms with E-state index in [-0.39, 0.29) is 5.97 Å². The van der Waals surface area contributed by atoms with Crippen LogP contribution in [0.3, 0.4) is 0 Å². The van der Waals surface area contributed by atoms with Gasteiger partial charge in [0.2, 0.25) is 0 Å². The maximum absolute atomic E-state index is 12.3. The van der Waals surface area contributed by atoms with Gasteiger partial charge in [-0.25, -0.2) is 4.79 Å². The lowest BCUT2D eigenvalue weighted by molar-refractivity contribution is 0.0735. The van der Waals surface area contributed by atoms with Crippen LogP contribution in [0.2, 0.25) is 0 Å². The first-order chi connectivity index (χ1) is 16.7. The number of esters is 1. The fourth-order valence-electron chi connectivity index (χ4n) is 4.30. The minimum absolute atomic E-state index is 0.320. The molecule has 0 amide bonds. The highest BCUT2D eigenvalue weighted by Crippen LogP contribution is 2.17. The van der Waals surface area contributed by atoms with Gasteiger partial charge in [0, 0.05) is 12.2 Å². The quantitative estimate of drug-likeness (QED) is 0.127. The third kappa shape index (κ3) is 12.8. The van der Waals surface area contributed by atoms with E-state index in [1.165, 1.54) is 96.3 Å². The second kappa shape index (κ2) is 18.1. The van der Waals surface area contributed by atoms with Crippen molar-refractivity contribution in [2.45, 2.75) is 110 Å². The number of carbonyl (C=O) groups excluding carboxylic acids is 1. The van der Waals surface area contributed by atoms with E-state index in [2.05, 4.69) is 12.2 Å². The number of anilines is 1. The maximum Gasteiger partial charge on any atom is 0.343 e. The normalized spacial score (nSPS) is 10.9. The van der Waals surface area contributed by atoms with E-state index in [0.717, 1.165) is 17.8 Å². The largest absolute Gasteiger partial charge is 0.423 e. The first-order valence-corrected chi connectivity index (χ1v) is 13.8. The Morgan fingerprint density at radius 2 is 1.24 bits per heavy atom. The maximum atomic E-state index is 12.3. The Labute approximate surface area is 208 Å². The van der Waals surface area contributed by atoms with Gasteiger partial charge in [-0.15, -0.1) is 0 Å². The molecule has 0 aromatic heterocycles. The van der Waals surface area contributed by atoms with E-state index in [1.807, 2.05) is 49.4 Å². The van der Waals surface area contributed by atoms with Crippen LogP contribution >= 0.6 is 0 Å². The van der Waals surface area contributed by atoms with E-state index in [4.69, 9.17) is 4.74 Å². The molecule has 2 aromatic rings. The lowest BCUT2D eigenvalue weighted by Gasteiger charge is -2.08. The molecule has 188 valence electrons. The molecule has 2 rings (SSSR count). The standard InChI is InChI=1S/C31H47NO2/c1-3-4-5-6-7-8-9-10-11-12-13-14-15-16-17-25-32-29-23-21-28(22-24-29)31(33)34-30-20-18-19-27(2)26-30/h18-24,26,32H,3-17,25H2,1-2H3. The molecule has 0 aliphatic carbocycles. The van der Waals surface area contributed by atoms with Gasteiger partial charge in [-0.05, 0) is 55.3 Å². The molecule has 0 aliphatic heterocycles. The van der Waals surface area contributed by atoms with Crippen molar-refractivity contribution < 1.29 is 9.53 Å². The Balaban J connectivity index is 1.43.